The standard InChI is InChI=1S/C23H30N3O4P/c1-2-7-21(19-8-4-3-5-9-19)16-22-25-26-23(30-22)20-12-10-18(11-13-20)17-24-14-6-15-31(27,28)29/h3-5,8-13,21,24H,2,6-7,14-17H2,1H3,(H2,27,28,29). The minimum absolute atomic E-state index is 0.0954. The van der Waals surface area contributed by atoms with Crippen molar-refractivity contribution in [3.05, 3.63) is 71.6 Å². The summed E-state index contributed by atoms with van der Waals surface area (Å²) in [5, 5.41) is 11.7. The maximum absolute atomic E-state index is 10.8. The summed E-state index contributed by atoms with van der Waals surface area (Å²) in [6, 6.07) is 18.3. The van der Waals surface area contributed by atoms with E-state index >= 15 is 0 Å². The zero-order valence-electron chi connectivity index (χ0n) is 17.8. The monoisotopic (exact) mass is 443 g/mol. The Kier molecular flexibility index (Phi) is 8.55. The van der Waals surface area contributed by atoms with Crippen molar-refractivity contribution in [1.82, 2.24) is 15.5 Å². The van der Waals surface area contributed by atoms with Crippen molar-refractivity contribution in [2.24, 2.45) is 0 Å². The van der Waals surface area contributed by atoms with Crippen LogP contribution in [0.25, 0.3) is 11.5 Å². The Bertz CT molecular complexity index is 970. The smallest absolute Gasteiger partial charge is 0.325 e. The molecule has 3 aromatic rings. The first-order valence-electron chi connectivity index (χ1n) is 10.7. The second-order valence-electron chi connectivity index (χ2n) is 7.72. The molecular weight excluding hydrogens is 413 g/mol. The lowest BCUT2D eigenvalue weighted by Crippen LogP contribution is -2.15. The zero-order chi connectivity index (χ0) is 22.1. The van der Waals surface area contributed by atoms with Crippen LogP contribution in [0.15, 0.2) is 59.0 Å². The number of rotatable bonds is 12. The van der Waals surface area contributed by atoms with Gasteiger partial charge >= 0.3 is 7.60 Å². The highest BCUT2D eigenvalue weighted by atomic mass is 31.2. The Morgan fingerprint density at radius 1 is 1.06 bits per heavy atom. The Balaban J connectivity index is 1.55. The van der Waals surface area contributed by atoms with Crippen LogP contribution in [0.1, 0.15) is 49.1 Å². The summed E-state index contributed by atoms with van der Waals surface area (Å²) in [5.41, 5.74) is 3.24. The van der Waals surface area contributed by atoms with Gasteiger partial charge < -0.3 is 19.5 Å². The van der Waals surface area contributed by atoms with Crippen molar-refractivity contribution in [3.8, 4) is 11.5 Å². The third-order valence-corrected chi connectivity index (χ3v) is 6.03. The van der Waals surface area contributed by atoms with Crippen LogP contribution in [-0.2, 0) is 17.5 Å². The molecule has 8 heteroatoms. The number of benzene rings is 2. The average Bonchev–Trinajstić information content (AvgIpc) is 3.22. The third-order valence-electron chi connectivity index (χ3n) is 5.13. The first-order valence-corrected chi connectivity index (χ1v) is 12.5. The second-order valence-corrected chi connectivity index (χ2v) is 9.49. The molecule has 0 saturated carbocycles. The lowest BCUT2D eigenvalue weighted by atomic mass is 9.91. The molecule has 0 radical (unpaired) electrons. The highest BCUT2D eigenvalue weighted by molar-refractivity contribution is 7.51. The van der Waals surface area contributed by atoms with Gasteiger partial charge in [-0.1, -0.05) is 55.8 Å². The Hall–Kier alpha value is -2.31. The molecule has 7 nitrogen and oxygen atoms in total. The maximum Gasteiger partial charge on any atom is 0.325 e. The van der Waals surface area contributed by atoms with Gasteiger partial charge in [0.25, 0.3) is 0 Å². The van der Waals surface area contributed by atoms with Crippen LogP contribution >= 0.6 is 7.60 Å². The maximum atomic E-state index is 10.8. The molecule has 0 amide bonds. The molecule has 1 unspecified atom stereocenters. The number of hydrogen-bond donors (Lipinski definition) is 3. The van der Waals surface area contributed by atoms with Gasteiger partial charge in [-0.2, -0.15) is 0 Å². The highest BCUT2D eigenvalue weighted by Gasteiger charge is 2.16. The number of nitrogens with one attached hydrogen (secondary N) is 1. The SMILES string of the molecule is CCCC(Cc1nnc(-c2ccc(CNCCCP(=O)(O)O)cc2)o1)c1ccccc1. The van der Waals surface area contributed by atoms with Gasteiger partial charge in [-0.25, -0.2) is 0 Å². The van der Waals surface area contributed by atoms with Gasteiger partial charge in [-0.3, -0.25) is 4.57 Å². The topological polar surface area (TPSA) is 108 Å². The molecule has 31 heavy (non-hydrogen) atoms. The van der Waals surface area contributed by atoms with Gasteiger partial charge in [-0.15, -0.1) is 10.2 Å². The average molecular weight is 443 g/mol. The van der Waals surface area contributed by atoms with E-state index in [2.05, 4.69) is 46.7 Å². The van der Waals surface area contributed by atoms with E-state index in [0.29, 0.717) is 37.2 Å². The highest BCUT2D eigenvalue weighted by Crippen LogP contribution is 2.34. The Morgan fingerprint density at radius 3 is 2.48 bits per heavy atom. The van der Waals surface area contributed by atoms with E-state index in [4.69, 9.17) is 14.2 Å². The van der Waals surface area contributed by atoms with Crippen molar-refractivity contribution in [1.29, 1.82) is 0 Å². The predicted octanol–water partition coefficient (Wildman–Crippen LogP) is 4.52. The van der Waals surface area contributed by atoms with Gasteiger partial charge in [0, 0.05) is 18.5 Å². The summed E-state index contributed by atoms with van der Waals surface area (Å²) >= 11 is 0. The zero-order valence-corrected chi connectivity index (χ0v) is 18.7. The lowest BCUT2D eigenvalue weighted by Gasteiger charge is -2.14. The lowest BCUT2D eigenvalue weighted by molar-refractivity contribution is 0.371. The minimum Gasteiger partial charge on any atom is -0.421 e. The molecular formula is C23H30N3O4P. The van der Waals surface area contributed by atoms with Crippen molar-refractivity contribution in [3.63, 3.8) is 0 Å². The summed E-state index contributed by atoms with van der Waals surface area (Å²) in [6.45, 7) is 3.37. The number of aromatic nitrogens is 2. The fourth-order valence-electron chi connectivity index (χ4n) is 3.53. The van der Waals surface area contributed by atoms with Crippen LogP contribution in [0.2, 0.25) is 0 Å². The molecule has 1 aromatic heterocycles. The summed E-state index contributed by atoms with van der Waals surface area (Å²) in [5.74, 6) is 1.52. The first-order chi connectivity index (χ1) is 14.9. The fourth-order valence-corrected chi connectivity index (χ4v) is 4.10. The van der Waals surface area contributed by atoms with Gasteiger partial charge in [0.15, 0.2) is 0 Å². The number of hydrogen-bond acceptors (Lipinski definition) is 5. The molecule has 1 atom stereocenters. The molecule has 0 spiro atoms. The van der Waals surface area contributed by atoms with Crippen molar-refractivity contribution in [2.45, 2.75) is 45.1 Å². The molecule has 2 aromatic carbocycles. The van der Waals surface area contributed by atoms with Gasteiger partial charge in [-0.05, 0) is 48.6 Å². The number of nitrogens with zero attached hydrogens (tertiary/aromatic N) is 2. The molecule has 0 fully saturated rings. The molecule has 3 rings (SSSR count). The van der Waals surface area contributed by atoms with Crippen LogP contribution in [0.3, 0.4) is 0 Å². The Labute approximate surface area is 183 Å². The van der Waals surface area contributed by atoms with Gasteiger partial charge in [0.05, 0.1) is 6.16 Å². The van der Waals surface area contributed by atoms with Crippen molar-refractivity contribution < 1.29 is 18.8 Å². The van der Waals surface area contributed by atoms with E-state index < -0.39 is 7.60 Å². The first kappa shape index (κ1) is 23.4. The minimum atomic E-state index is -3.91. The third kappa shape index (κ3) is 7.71. The van der Waals surface area contributed by atoms with Crippen LogP contribution < -0.4 is 5.32 Å². The fraction of sp³-hybridized carbons (Fsp3) is 0.391. The van der Waals surface area contributed by atoms with Crippen molar-refractivity contribution >= 4 is 7.60 Å². The second kappa shape index (κ2) is 11.3. The molecule has 3 N–H and O–H groups in total. The predicted molar refractivity (Wildman–Crippen MR) is 121 cm³/mol. The van der Waals surface area contributed by atoms with Crippen molar-refractivity contribution in [2.75, 3.05) is 12.7 Å². The van der Waals surface area contributed by atoms with E-state index in [9.17, 15) is 4.57 Å². The quantitative estimate of drug-likeness (QED) is 0.279. The normalized spacial score (nSPS) is 12.7. The summed E-state index contributed by atoms with van der Waals surface area (Å²) in [4.78, 5) is 17.7. The van der Waals surface area contributed by atoms with E-state index in [-0.39, 0.29) is 6.16 Å². The largest absolute Gasteiger partial charge is 0.421 e. The van der Waals surface area contributed by atoms with Gasteiger partial charge in [0.2, 0.25) is 11.8 Å². The molecule has 0 saturated heterocycles. The molecule has 0 aliphatic carbocycles. The summed E-state index contributed by atoms with van der Waals surface area (Å²) in [6.07, 6.45) is 3.23. The molecule has 0 bridgehead atoms. The molecule has 1 heterocycles. The van der Waals surface area contributed by atoms with E-state index in [1.54, 1.807) is 0 Å². The summed E-state index contributed by atoms with van der Waals surface area (Å²) < 4.78 is 16.8. The van der Waals surface area contributed by atoms with Gasteiger partial charge in [0.1, 0.15) is 0 Å². The van der Waals surface area contributed by atoms with E-state index in [1.807, 2.05) is 30.3 Å². The van der Waals surface area contributed by atoms with E-state index in [0.717, 1.165) is 30.4 Å². The van der Waals surface area contributed by atoms with Crippen LogP contribution in [0.4, 0.5) is 0 Å². The Morgan fingerprint density at radius 2 is 1.81 bits per heavy atom. The molecule has 0 aliphatic heterocycles. The van der Waals surface area contributed by atoms with Crippen LogP contribution in [-0.4, -0.2) is 32.7 Å². The van der Waals surface area contributed by atoms with Crippen LogP contribution in [0, 0.1) is 0 Å². The van der Waals surface area contributed by atoms with E-state index in [1.165, 1.54) is 5.56 Å². The summed E-state index contributed by atoms with van der Waals surface area (Å²) in [7, 11) is -3.91. The molecule has 0 aliphatic rings. The van der Waals surface area contributed by atoms with Crippen LogP contribution in [0.5, 0.6) is 0 Å². The molecule has 166 valence electrons.